The van der Waals surface area contributed by atoms with Crippen LogP contribution in [0.2, 0.25) is 0 Å². The second-order valence-electron chi connectivity index (χ2n) is 7.02. The largest absolute Gasteiger partial charge is 0.328 e. The number of nitrogens with two attached hydrogens (primary N) is 1. The fraction of sp³-hybridized carbons (Fsp3) is 1.00. The molecule has 0 aliphatic rings. The van der Waals surface area contributed by atoms with Crippen LogP contribution >= 0.6 is 0 Å². The Balaban J connectivity index is 3.97. The molecule has 0 saturated carbocycles. The molecule has 0 saturated heterocycles. The van der Waals surface area contributed by atoms with Crippen LogP contribution in [0.4, 0.5) is 0 Å². The molecule has 0 amide bonds. The second kappa shape index (κ2) is 9.80. The molecule has 0 rings (SSSR count). The lowest BCUT2D eigenvalue weighted by Gasteiger charge is -2.29. The highest BCUT2D eigenvalue weighted by Crippen LogP contribution is 2.13. The standard InChI is InChI=1S/C16H36N2/c1-13(2)10-18(11-14(3)4)12-15(5)8-7-9-16(6)17/h13-16H,7-12,17H2,1-6H3. The monoisotopic (exact) mass is 256 g/mol. The molecule has 110 valence electrons. The summed E-state index contributed by atoms with van der Waals surface area (Å²) in [5.74, 6) is 2.32. The van der Waals surface area contributed by atoms with Crippen LogP contribution in [0, 0.1) is 17.8 Å². The molecular formula is C16H36N2. The Morgan fingerprint density at radius 2 is 1.28 bits per heavy atom. The van der Waals surface area contributed by atoms with Gasteiger partial charge in [0, 0.05) is 25.7 Å². The first-order chi connectivity index (χ1) is 8.31. The summed E-state index contributed by atoms with van der Waals surface area (Å²) in [5, 5.41) is 0. The van der Waals surface area contributed by atoms with Gasteiger partial charge in [0.05, 0.1) is 0 Å². The van der Waals surface area contributed by atoms with E-state index in [-0.39, 0.29) is 0 Å². The molecule has 18 heavy (non-hydrogen) atoms. The normalized spacial score (nSPS) is 15.7. The van der Waals surface area contributed by atoms with Gasteiger partial charge in [-0.25, -0.2) is 0 Å². The minimum Gasteiger partial charge on any atom is -0.328 e. The minimum absolute atomic E-state index is 0.361. The third kappa shape index (κ3) is 11.0. The lowest BCUT2D eigenvalue weighted by Crippen LogP contribution is -2.35. The maximum atomic E-state index is 5.80. The van der Waals surface area contributed by atoms with Crippen molar-refractivity contribution in [1.82, 2.24) is 4.90 Å². The zero-order chi connectivity index (χ0) is 14.1. The van der Waals surface area contributed by atoms with Crippen molar-refractivity contribution in [3.8, 4) is 0 Å². The van der Waals surface area contributed by atoms with Gasteiger partial charge in [-0.15, -0.1) is 0 Å². The lowest BCUT2D eigenvalue weighted by atomic mass is 10.0. The summed E-state index contributed by atoms with van der Waals surface area (Å²) in [6, 6.07) is 0.361. The highest BCUT2D eigenvalue weighted by atomic mass is 15.1. The Morgan fingerprint density at radius 3 is 1.67 bits per heavy atom. The highest BCUT2D eigenvalue weighted by molar-refractivity contribution is 4.67. The van der Waals surface area contributed by atoms with Gasteiger partial charge in [0.2, 0.25) is 0 Å². The van der Waals surface area contributed by atoms with Crippen molar-refractivity contribution in [3.05, 3.63) is 0 Å². The summed E-state index contributed by atoms with van der Waals surface area (Å²) >= 11 is 0. The van der Waals surface area contributed by atoms with Crippen LogP contribution in [0.15, 0.2) is 0 Å². The third-order valence-corrected chi connectivity index (χ3v) is 3.17. The van der Waals surface area contributed by atoms with E-state index in [1.54, 1.807) is 0 Å². The van der Waals surface area contributed by atoms with Gasteiger partial charge >= 0.3 is 0 Å². The van der Waals surface area contributed by atoms with Crippen molar-refractivity contribution < 1.29 is 0 Å². The number of nitrogens with zero attached hydrogens (tertiary/aromatic N) is 1. The molecule has 0 aromatic carbocycles. The molecule has 0 aromatic rings. The van der Waals surface area contributed by atoms with E-state index < -0.39 is 0 Å². The van der Waals surface area contributed by atoms with Gasteiger partial charge < -0.3 is 10.6 Å². The Morgan fingerprint density at radius 1 is 0.778 bits per heavy atom. The first-order valence-corrected chi connectivity index (χ1v) is 7.79. The molecule has 0 aliphatic carbocycles. The second-order valence-corrected chi connectivity index (χ2v) is 7.02. The summed E-state index contributed by atoms with van der Waals surface area (Å²) in [6.45, 7) is 17.5. The van der Waals surface area contributed by atoms with Crippen molar-refractivity contribution in [2.45, 2.75) is 66.8 Å². The molecule has 0 aromatic heterocycles. The van der Waals surface area contributed by atoms with Crippen LogP contribution in [-0.4, -0.2) is 30.6 Å². The van der Waals surface area contributed by atoms with Crippen molar-refractivity contribution in [3.63, 3.8) is 0 Å². The molecule has 0 bridgehead atoms. The number of hydrogen-bond acceptors (Lipinski definition) is 2. The predicted octanol–water partition coefficient (Wildman–Crippen LogP) is 3.75. The first-order valence-electron chi connectivity index (χ1n) is 7.79. The zero-order valence-corrected chi connectivity index (χ0v) is 13.6. The zero-order valence-electron chi connectivity index (χ0n) is 13.6. The van der Waals surface area contributed by atoms with Crippen molar-refractivity contribution in [1.29, 1.82) is 0 Å². The molecule has 0 spiro atoms. The third-order valence-electron chi connectivity index (χ3n) is 3.17. The molecule has 2 nitrogen and oxygen atoms in total. The topological polar surface area (TPSA) is 29.3 Å². The maximum Gasteiger partial charge on any atom is 0.00104 e. The molecule has 2 unspecified atom stereocenters. The summed E-state index contributed by atoms with van der Waals surface area (Å²) < 4.78 is 0. The van der Waals surface area contributed by atoms with Gasteiger partial charge in [-0.1, -0.05) is 41.0 Å². The fourth-order valence-electron chi connectivity index (χ4n) is 2.58. The lowest BCUT2D eigenvalue weighted by molar-refractivity contribution is 0.187. The average Bonchev–Trinajstić information content (AvgIpc) is 2.13. The summed E-state index contributed by atoms with van der Waals surface area (Å²) in [7, 11) is 0. The molecule has 2 atom stereocenters. The van der Waals surface area contributed by atoms with Gasteiger partial charge in [0.1, 0.15) is 0 Å². The Labute approximate surface area is 115 Å². The van der Waals surface area contributed by atoms with E-state index in [2.05, 4.69) is 46.4 Å². The van der Waals surface area contributed by atoms with Crippen molar-refractivity contribution >= 4 is 0 Å². The number of rotatable bonds is 10. The van der Waals surface area contributed by atoms with Crippen molar-refractivity contribution in [2.24, 2.45) is 23.5 Å². The summed E-state index contributed by atoms with van der Waals surface area (Å²) in [6.07, 6.45) is 3.75. The van der Waals surface area contributed by atoms with Gasteiger partial charge in [-0.05, 0) is 37.5 Å². The van der Waals surface area contributed by atoms with E-state index in [4.69, 9.17) is 5.73 Å². The van der Waals surface area contributed by atoms with Crippen LogP contribution in [0.1, 0.15) is 60.8 Å². The van der Waals surface area contributed by atoms with Crippen molar-refractivity contribution in [2.75, 3.05) is 19.6 Å². The first kappa shape index (κ1) is 17.9. The molecule has 0 heterocycles. The minimum atomic E-state index is 0.361. The maximum absolute atomic E-state index is 5.80. The predicted molar refractivity (Wildman–Crippen MR) is 82.8 cm³/mol. The van der Waals surface area contributed by atoms with Gasteiger partial charge in [0.15, 0.2) is 0 Å². The van der Waals surface area contributed by atoms with E-state index in [0.29, 0.717) is 6.04 Å². The Bertz CT molecular complexity index is 178. The van der Waals surface area contributed by atoms with E-state index in [9.17, 15) is 0 Å². The highest BCUT2D eigenvalue weighted by Gasteiger charge is 2.13. The van der Waals surface area contributed by atoms with Crippen LogP contribution in [-0.2, 0) is 0 Å². The summed E-state index contributed by atoms with van der Waals surface area (Å²) in [4.78, 5) is 2.64. The van der Waals surface area contributed by atoms with E-state index in [1.807, 2.05) is 0 Å². The molecule has 0 fully saturated rings. The van der Waals surface area contributed by atoms with Crippen LogP contribution in [0.25, 0.3) is 0 Å². The SMILES string of the molecule is CC(C)CN(CC(C)C)CC(C)CCCC(C)N. The molecule has 2 N–H and O–H groups in total. The number of hydrogen-bond donors (Lipinski definition) is 1. The molecule has 0 radical (unpaired) electrons. The van der Waals surface area contributed by atoms with E-state index in [0.717, 1.165) is 17.8 Å². The Hall–Kier alpha value is -0.0800. The van der Waals surface area contributed by atoms with Crippen LogP contribution < -0.4 is 5.73 Å². The smallest absolute Gasteiger partial charge is 0.00104 e. The van der Waals surface area contributed by atoms with Gasteiger partial charge in [0.25, 0.3) is 0 Å². The average molecular weight is 256 g/mol. The Kier molecular flexibility index (Phi) is 9.76. The summed E-state index contributed by atoms with van der Waals surface area (Å²) in [5.41, 5.74) is 5.80. The molecule has 2 heteroatoms. The van der Waals surface area contributed by atoms with Crippen LogP contribution in [0.5, 0.6) is 0 Å². The molecular weight excluding hydrogens is 220 g/mol. The van der Waals surface area contributed by atoms with E-state index >= 15 is 0 Å². The van der Waals surface area contributed by atoms with Gasteiger partial charge in [-0.2, -0.15) is 0 Å². The van der Waals surface area contributed by atoms with E-state index in [1.165, 1.54) is 38.9 Å². The fourth-order valence-corrected chi connectivity index (χ4v) is 2.58. The molecule has 0 aliphatic heterocycles. The van der Waals surface area contributed by atoms with Crippen LogP contribution in [0.3, 0.4) is 0 Å². The quantitative estimate of drug-likeness (QED) is 0.645. The van der Waals surface area contributed by atoms with Gasteiger partial charge in [-0.3, -0.25) is 0 Å².